The van der Waals surface area contributed by atoms with Crippen molar-refractivity contribution in [3.05, 3.63) is 105 Å². The Morgan fingerprint density at radius 3 is 2.60 bits per heavy atom. The average molecular weight is 561 g/mol. The van der Waals surface area contributed by atoms with E-state index in [-0.39, 0.29) is 18.0 Å². The number of fused-ring (bicyclic) bond motifs is 1. The Morgan fingerprint density at radius 1 is 1.10 bits per heavy atom. The maximum atomic E-state index is 14.0. The number of nitrogens with zero attached hydrogens (tertiary/aromatic N) is 1. The zero-order valence-electron chi connectivity index (χ0n) is 22.9. The molecule has 0 spiro atoms. The van der Waals surface area contributed by atoms with Gasteiger partial charge in [-0.2, -0.15) is 0 Å². The van der Waals surface area contributed by atoms with Crippen LogP contribution in [0.25, 0.3) is 17.2 Å². The predicted molar refractivity (Wildman–Crippen MR) is 159 cm³/mol. The van der Waals surface area contributed by atoms with Crippen molar-refractivity contribution in [2.75, 3.05) is 18.2 Å². The van der Waals surface area contributed by atoms with Gasteiger partial charge in [-0.1, -0.05) is 54.9 Å². The summed E-state index contributed by atoms with van der Waals surface area (Å²) in [5.41, 5.74) is 11.6. The van der Waals surface area contributed by atoms with Crippen LogP contribution in [-0.2, 0) is 20.8 Å². The van der Waals surface area contributed by atoms with Gasteiger partial charge in [0.1, 0.15) is 12.0 Å². The van der Waals surface area contributed by atoms with Gasteiger partial charge < -0.3 is 9.47 Å². The molecule has 2 heterocycles. The van der Waals surface area contributed by atoms with Crippen LogP contribution in [0.3, 0.4) is 0 Å². The number of allylic oxidation sites excluding steroid dienone is 1. The molecular formula is C33H34ClFN2O3. The maximum absolute atomic E-state index is 14.0. The Balaban J connectivity index is 1.57. The number of nitrogens with one attached hydrogen (secondary N) is 1. The number of halogens is 2. The van der Waals surface area contributed by atoms with Crippen molar-refractivity contribution < 1.29 is 18.7 Å². The van der Waals surface area contributed by atoms with Crippen molar-refractivity contribution in [2.24, 2.45) is 0 Å². The van der Waals surface area contributed by atoms with Gasteiger partial charge in [0.25, 0.3) is 0 Å². The highest BCUT2D eigenvalue weighted by Crippen LogP contribution is 2.40. The molecule has 2 aliphatic rings. The Hall–Kier alpha value is -3.45. The van der Waals surface area contributed by atoms with Crippen LogP contribution in [0.5, 0.6) is 0 Å². The lowest BCUT2D eigenvalue weighted by atomic mass is 9.87. The van der Waals surface area contributed by atoms with E-state index in [0.717, 1.165) is 65.0 Å². The zero-order chi connectivity index (χ0) is 28.1. The smallest absolute Gasteiger partial charge is 0.330 e. The van der Waals surface area contributed by atoms with Crippen LogP contribution >= 0.6 is 11.6 Å². The summed E-state index contributed by atoms with van der Waals surface area (Å²) in [7, 11) is 0. The quantitative estimate of drug-likeness (QED) is 0.173. The summed E-state index contributed by atoms with van der Waals surface area (Å²) in [6, 6.07) is 19.1. The first-order valence-corrected chi connectivity index (χ1v) is 14.3. The molecule has 7 heteroatoms. The summed E-state index contributed by atoms with van der Waals surface area (Å²) in [6.45, 7) is 5.70. The number of esters is 1. The summed E-state index contributed by atoms with van der Waals surface area (Å²) in [6.07, 6.45) is 7.17. The lowest BCUT2D eigenvalue weighted by Crippen LogP contribution is -2.44. The van der Waals surface area contributed by atoms with Crippen LogP contribution in [0.4, 0.5) is 10.1 Å². The number of ether oxygens (including phenoxy) is 2. The summed E-state index contributed by atoms with van der Waals surface area (Å²) in [4.78, 5) is 11.8. The van der Waals surface area contributed by atoms with Gasteiger partial charge in [0, 0.05) is 19.2 Å². The van der Waals surface area contributed by atoms with Gasteiger partial charge >= 0.3 is 5.97 Å². The SMILES string of the molecule is CCOC(=O)/C=C/c1ccc(/C(=C(/CC)c2ccc(F)cc2Cl)c2ccc3c(c2)CNN3C2CCCCO2)cc1. The second kappa shape index (κ2) is 12.8. The van der Waals surface area contributed by atoms with E-state index < -0.39 is 0 Å². The standard InChI is InChI=1S/C33H34ClFN2O3/c1-3-27(28-15-14-26(35)20-29(28)34)33(23-11-8-22(9-12-23)10-17-32(38)39-4-2)24-13-16-30-25(19-24)21-36-37(30)31-7-5-6-18-40-31/h8-17,19-20,31,36H,3-7,18,21H2,1-2H3/b17-10+,33-27+. The third-order valence-corrected chi connectivity index (χ3v) is 7.63. The van der Waals surface area contributed by atoms with Gasteiger partial charge in [0.15, 0.2) is 0 Å². The van der Waals surface area contributed by atoms with Crippen molar-refractivity contribution in [1.82, 2.24) is 5.43 Å². The average Bonchev–Trinajstić information content (AvgIpc) is 3.40. The van der Waals surface area contributed by atoms with Crippen molar-refractivity contribution in [3.8, 4) is 0 Å². The largest absolute Gasteiger partial charge is 0.463 e. The van der Waals surface area contributed by atoms with Crippen molar-refractivity contribution in [1.29, 1.82) is 0 Å². The Morgan fingerprint density at radius 2 is 1.90 bits per heavy atom. The minimum absolute atomic E-state index is 0.0373. The molecule has 2 aliphatic heterocycles. The van der Waals surface area contributed by atoms with E-state index in [4.69, 9.17) is 21.1 Å². The number of carbonyl (C=O) groups is 1. The lowest BCUT2D eigenvalue weighted by Gasteiger charge is -2.32. The van der Waals surface area contributed by atoms with Gasteiger partial charge in [-0.3, -0.25) is 5.01 Å². The summed E-state index contributed by atoms with van der Waals surface area (Å²) in [5, 5.41) is 2.54. The number of benzene rings is 3. The molecule has 0 saturated carbocycles. The summed E-state index contributed by atoms with van der Waals surface area (Å²) in [5.74, 6) is -0.733. The fourth-order valence-electron chi connectivity index (χ4n) is 5.42. The van der Waals surface area contributed by atoms with E-state index in [0.29, 0.717) is 24.6 Å². The molecule has 1 N–H and O–H groups in total. The normalized spacial score (nSPS) is 17.6. The molecule has 3 aromatic rings. The van der Waals surface area contributed by atoms with E-state index in [1.807, 2.05) is 24.3 Å². The van der Waals surface area contributed by atoms with E-state index in [1.54, 1.807) is 19.1 Å². The first kappa shape index (κ1) is 28.1. The number of hydrazine groups is 1. The van der Waals surface area contributed by atoms with Crippen LogP contribution in [0.2, 0.25) is 5.02 Å². The zero-order valence-corrected chi connectivity index (χ0v) is 23.6. The first-order valence-electron chi connectivity index (χ1n) is 13.9. The molecule has 1 atom stereocenters. The molecule has 0 amide bonds. The Bertz CT molecular complexity index is 1430. The maximum Gasteiger partial charge on any atom is 0.330 e. The van der Waals surface area contributed by atoms with E-state index in [2.05, 4.69) is 35.6 Å². The Kier molecular flexibility index (Phi) is 9.00. The van der Waals surface area contributed by atoms with Crippen LogP contribution in [0.15, 0.2) is 66.7 Å². The van der Waals surface area contributed by atoms with Crippen LogP contribution in [0, 0.1) is 5.82 Å². The van der Waals surface area contributed by atoms with E-state index in [1.165, 1.54) is 23.8 Å². The van der Waals surface area contributed by atoms with E-state index in [9.17, 15) is 9.18 Å². The topological polar surface area (TPSA) is 50.8 Å². The third-order valence-electron chi connectivity index (χ3n) is 7.32. The number of hydrogen-bond acceptors (Lipinski definition) is 5. The second-order valence-electron chi connectivity index (χ2n) is 9.91. The van der Waals surface area contributed by atoms with Crippen LogP contribution in [-0.4, -0.2) is 25.4 Å². The molecule has 0 aromatic heterocycles. The molecule has 208 valence electrons. The molecule has 0 radical (unpaired) electrons. The third kappa shape index (κ3) is 6.15. The molecule has 5 nitrogen and oxygen atoms in total. The molecule has 5 rings (SSSR count). The molecule has 0 bridgehead atoms. The molecule has 1 saturated heterocycles. The van der Waals surface area contributed by atoms with E-state index >= 15 is 0 Å². The predicted octanol–water partition coefficient (Wildman–Crippen LogP) is 7.78. The first-order chi connectivity index (χ1) is 19.5. The molecule has 1 fully saturated rings. The van der Waals surface area contributed by atoms with Gasteiger partial charge in [0.05, 0.1) is 17.3 Å². The van der Waals surface area contributed by atoms with Crippen LogP contribution < -0.4 is 10.4 Å². The second-order valence-corrected chi connectivity index (χ2v) is 10.3. The van der Waals surface area contributed by atoms with Crippen LogP contribution in [0.1, 0.15) is 67.3 Å². The monoisotopic (exact) mass is 560 g/mol. The molecule has 0 aliphatic carbocycles. The molecule has 1 unspecified atom stereocenters. The highest BCUT2D eigenvalue weighted by Gasteiger charge is 2.29. The summed E-state index contributed by atoms with van der Waals surface area (Å²) >= 11 is 6.59. The summed E-state index contributed by atoms with van der Waals surface area (Å²) < 4.78 is 25.0. The highest BCUT2D eigenvalue weighted by molar-refractivity contribution is 6.32. The van der Waals surface area contributed by atoms with Gasteiger partial charge in [0.2, 0.25) is 0 Å². The highest BCUT2D eigenvalue weighted by atomic mass is 35.5. The van der Waals surface area contributed by atoms with Gasteiger partial charge in [-0.15, -0.1) is 0 Å². The minimum Gasteiger partial charge on any atom is -0.463 e. The van der Waals surface area contributed by atoms with Gasteiger partial charge in [-0.25, -0.2) is 14.6 Å². The van der Waals surface area contributed by atoms with Crippen molar-refractivity contribution in [3.63, 3.8) is 0 Å². The number of carbonyl (C=O) groups excluding carboxylic acids is 1. The van der Waals surface area contributed by atoms with Gasteiger partial charge in [-0.05, 0) is 102 Å². The molecule has 40 heavy (non-hydrogen) atoms. The Labute approximate surface area is 240 Å². The minimum atomic E-state index is -0.370. The number of rotatable bonds is 8. The molecule has 3 aromatic carbocycles. The fraction of sp³-hybridized carbons (Fsp3) is 0.303. The lowest BCUT2D eigenvalue weighted by molar-refractivity contribution is -0.137. The number of hydrogen-bond donors (Lipinski definition) is 1. The fourth-order valence-corrected chi connectivity index (χ4v) is 5.71. The van der Waals surface area contributed by atoms with Crippen molar-refractivity contribution >= 4 is 40.5 Å². The number of anilines is 1. The van der Waals surface area contributed by atoms with Crippen molar-refractivity contribution in [2.45, 2.75) is 52.3 Å². The molecular weight excluding hydrogens is 527 g/mol.